The maximum atomic E-state index is 6.88. The van der Waals surface area contributed by atoms with Crippen LogP contribution in [0, 0.1) is 0 Å². The van der Waals surface area contributed by atoms with E-state index in [1.165, 1.54) is 76.8 Å². The number of benzene rings is 9. The molecule has 9 aromatic rings. The average Bonchev–Trinajstić information content (AvgIpc) is 3.20. The molecule has 10 rings (SSSR count). The van der Waals surface area contributed by atoms with Crippen molar-refractivity contribution in [2.75, 3.05) is 0 Å². The first-order chi connectivity index (χ1) is 24.8. The van der Waals surface area contributed by atoms with E-state index in [0.717, 1.165) is 11.5 Å². The second kappa shape index (κ2) is 11.3. The SMILES string of the molecule is c1ccc(-c2ccc(-c3ccc(C4(c5ccccc5)c5c(ccc6ccccc56)Oc5ccc6ccccc6c54)cc3)c3ccccc23)cc1. The topological polar surface area (TPSA) is 9.23 Å². The normalized spacial score (nSPS) is 13.1. The summed E-state index contributed by atoms with van der Waals surface area (Å²) in [7, 11) is 0. The molecule has 0 bridgehead atoms. The van der Waals surface area contributed by atoms with Gasteiger partial charge in [-0.2, -0.15) is 0 Å². The molecule has 1 nitrogen and oxygen atoms in total. The van der Waals surface area contributed by atoms with E-state index in [1.54, 1.807) is 0 Å². The van der Waals surface area contributed by atoms with E-state index in [2.05, 4.69) is 194 Å². The lowest BCUT2D eigenvalue weighted by atomic mass is 9.61. The number of fused-ring (bicyclic) bond motifs is 7. The minimum atomic E-state index is -0.649. The molecule has 1 aliphatic heterocycles. The van der Waals surface area contributed by atoms with Gasteiger partial charge in [0.1, 0.15) is 11.5 Å². The maximum Gasteiger partial charge on any atom is 0.132 e. The lowest BCUT2D eigenvalue weighted by Gasteiger charge is -2.43. The summed E-state index contributed by atoms with van der Waals surface area (Å²) < 4.78 is 6.88. The molecular weight excluding hydrogens is 605 g/mol. The highest BCUT2D eigenvalue weighted by atomic mass is 16.5. The number of hydrogen-bond acceptors (Lipinski definition) is 1. The van der Waals surface area contributed by atoms with Crippen molar-refractivity contribution in [1.82, 2.24) is 0 Å². The second-order valence-electron chi connectivity index (χ2n) is 13.2. The third kappa shape index (κ3) is 4.20. The van der Waals surface area contributed by atoms with Gasteiger partial charge in [-0.3, -0.25) is 0 Å². The lowest BCUT2D eigenvalue weighted by molar-refractivity contribution is 0.439. The van der Waals surface area contributed by atoms with E-state index in [-0.39, 0.29) is 0 Å². The van der Waals surface area contributed by atoms with E-state index >= 15 is 0 Å². The number of ether oxygens (including phenoxy) is 1. The zero-order valence-corrected chi connectivity index (χ0v) is 27.4. The van der Waals surface area contributed by atoms with Crippen LogP contribution in [-0.4, -0.2) is 0 Å². The van der Waals surface area contributed by atoms with Crippen molar-refractivity contribution in [2.24, 2.45) is 0 Å². The maximum absolute atomic E-state index is 6.88. The van der Waals surface area contributed by atoms with Gasteiger partial charge in [-0.05, 0) is 77.8 Å². The zero-order valence-electron chi connectivity index (χ0n) is 27.4. The molecule has 1 aliphatic rings. The van der Waals surface area contributed by atoms with E-state index in [1.807, 2.05) is 0 Å². The van der Waals surface area contributed by atoms with Crippen LogP contribution in [0.4, 0.5) is 0 Å². The molecule has 0 aliphatic carbocycles. The Hall–Kier alpha value is -6.44. The smallest absolute Gasteiger partial charge is 0.132 e. The summed E-state index contributed by atoms with van der Waals surface area (Å²) in [5.41, 5.74) is 9.02. The number of rotatable bonds is 4. The van der Waals surface area contributed by atoms with Gasteiger partial charge in [0, 0.05) is 11.1 Å². The summed E-state index contributed by atoms with van der Waals surface area (Å²) >= 11 is 0. The van der Waals surface area contributed by atoms with Crippen molar-refractivity contribution in [1.29, 1.82) is 0 Å². The highest BCUT2D eigenvalue weighted by molar-refractivity contribution is 6.05. The Balaban J connectivity index is 1.27. The van der Waals surface area contributed by atoms with Gasteiger partial charge in [-0.15, -0.1) is 0 Å². The van der Waals surface area contributed by atoms with Crippen LogP contribution in [0.15, 0.2) is 194 Å². The molecule has 0 aromatic heterocycles. The Kier molecular flexibility index (Phi) is 6.47. The van der Waals surface area contributed by atoms with Gasteiger partial charge in [0.05, 0.1) is 5.41 Å². The Morgan fingerprint density at radius 3 is 1.26 bits per heavy atom. The van der Waals surface area contributed by atoms with Crippen LogP contribution in [0.25, 0.3) is 54.6 Å². The van der Waals surface area contributed by atoms with E-state index in [4.69, 9.17) is 4.74 Å². The molecule has 0 N–H and O–H groups in total. The van der Waals surface area contributed by atoms with Crippen LogP contribution >= 0.6 is 0 Å². The van der Waals surface area contributed by atoms with Crippen LogP contribution in [0.3, 0.4) is 0 Å². The molecule has 50 heavy (non-hydrogen) atoms. The highest BCUT2D eigenvalue weighted by Gasteiger charge is 2.47. The second-order valence-corrected chi connectivity index (χ2v) is 13.2. The Morgan fingerprint density at radius 2 is 0.720 bits per heavy atom. The Bertz CT molecular complexity index is 2620. The van der Waals surface area contributed by atoms with Crippen LogP contribution in [-0.2, 0) is 5.41 Å². The summed E-state index contributed by atoms with van der Waals surface area (Å²) in [4.78, 5) is 0. The lowest BCUT2D eigenvalue weighted by Crippen LogP contribution is -2.34. The third-order valence-electron chi connectivity index (χ3n) is 10.6. The molecule has 234 valence electrons. The quantitative estimate of drug-likeness (QED) is 0.187. The molecule has 0 unspecified atom stereocenters. The van der Waals surface area contributed by atoms with Gasteiger partial charge in [0.2, 0.25) is 0 Å². The van der Waals surface area contributed by atoms with Gasteiger partial charge >= 0.3 is 0 Å². The molecule has 0 saturated heterocycles. The van der Waals surface area contributed by atoms with Crippen molar-refractivity contribution in [2.45, 2.75) is 5.41 Å². The number of hydrogen-bond donors (Lipinski definition) is 0. The van der Waals surface area contributed by atoms with Crippen molar-refractivity contribution in [3.8, 4) is 33.8 Å². The summed E-state index contributed by atoms with van der Waals surface area (Å²) in [6.45, 7) is 0. The molecule has 1 heterocycles. The fourth-order valence-corrected chi connectivity index (χ4v) is 8.44. The molecule has 0 radical (unpaired) electrons. The monoisotopic (exact) mass is 636 g/mol. The fourth-order valence-electron chi connectivity index (χ4n) is 8.44. The van der Waals surface area contributed by atoms with Gasteiger partial charge < -0.3 is 4.74 Å². The van der Waals surface area contributed by atoms with E-state index < -0.39 is 5.41 Å². The van der Waals surface area contributed by atoms with Crippen LogP contribution < -0.4 is 4.74 Å². The van der Waals surface area contributed by atoms with Crippen LogP contribution in [0.5, 0.6) is 11.5 Å². The largest absolute Gasteiger partial charge is 0.457 e. The molecule has 0 atom stereocenters. The van der Waals surface area contributed by atoms with Crippen molar-refractivity contribution in [3.05, 3.63) is 216 Å². The molecule has 0 amide bonds. The summed E-state index contributed by atoms with van der Waals surface area (Å²) in [5.74, 6) is 1.78. The third-order valence-corrected chi connectivity index (χ3v) is 10.6. The van der Waals surface area contributed by atoms with Gasteiger partial charge in [-0.1, -0.05) is 182 Å². The highest BCUT2D eigenvalue weighted by Crippen LogP contribution is 2.59. The van der Waals surface area contributed by atoms with Crippen molar-refractivity contribution >= 4 is 32.3 Å². The summed E-state index contributed by atoms with van der Waals surface area (Å²) in [5, 5.41) is 7.28. The molecule has 0 fully saturated rings. The minimum absolute atomic E-state index is 0.649. The first kappa shape index (κ1) is 28.6. The Labute approximate surface area is 291 Å². The van der Waals surface area contributed by atoms with Gasteiger partial charge in [0.15, 0.2) is 0 Å². The predicted molar refractivity (Wildman–Crippen MR) is 208 cm³/mol. The first-order valence-electron chi connectivity index (χ1n) is 17.3. The molecule has 0 saturated carbocycles. The zero-order chi connectivity index (χ0) is 33.1. The average molecular weight is 637 g/mol. The molecule has 0 spiro atoms. The Morgan fingerprint density at radius 1 is 0.300 bits per heavy atom. The first-order valence-corrected chi connectivity index (χ1v) is 17.3. The van der Waals surface area contributed by atoms with Crippen molar-refractivity contribution < 1.29 is 4.74 Å². The van der Waals surface area contributed by atoms with Crippen LogP contribution in [0.1, 0.15) is 22.3 Å². The summed E-state index contributed by atoms with van der Waals surface area (Å²) in [6, 6.07) is 70.5. The minimum Gasteiger partial charge on any atom is -0.457 e. The molecule has 9 aromatic carbocycles. The predicted octanol–water partition coefficient (Wildman–Crippen LogP) is 13.0. The van der Waals surface area contributed by atoms with Crippen molar-refractivity contribution in [3.63, 3.8) is 0 Å². The summed E-state index contributed by atoms with van der Waals surface area (Å²) in [6.07, 6.45) is 0. The van der Waals surface area contributed by atoms with E-state index in [9.17, 15) is 0 Å². The fraction of sp³-hybridized carbons (Fsp3) is 0.0204. The van der Waals surface area contributed by atoms with E-state index in [0.29, 0.717) is 0 Å². The molecular formula is C49H32O. The van der Waals surface area contributed by atoms with Gasteiger partial charge in [-0.25, -0.2) is 0 Å². The molecule has 1 heteroatoms. The van der Waals surface area contributed by atoms with Gasteiger partial charge in [0.25, 0.3) is 0 Å². The van der Waals surface area contributed by atoms with Crippen LogP contribution in [0.2, 0.25) is 0 Å². The standard InChI is InChI=1S/C49H32O/c1-3-13-33(14-4-1)39-29-30-40(44-22-12-11-21-43(39)44)36-23-27-38(28-24-36)49(37-17-5-2-6-18-37)47-41-19-9-7-15-34(41)25-31-45(47)50-46-32-26-35-16-8-10-20-42(35)48(46)49/h1-32H.